The lowest BCUT2D eigenvalue weighted by atomic mass is 10.2. The summed E-state index contributed by atoms with van der Waals surface area (Å²) in [4.78, 5) is 27.8. The number of nitrogens with one attached hydrogen (secondary N) is 1. The fourth-order valence-electron chi connectivity index (χ4n) is 2.25. The van der Waals surface area contributed by atoms with Gasteiger partial charge in [0.05, 0.1) is 38.3 Å². The maximum absolute atomic E-state index is 10.4. The van der Waals surface area contributed by atoms with E-state index in [1.165, 1.54) is 5.69 Å². The number of hydrogen-bond donors (Lipinski definition) is 2. The maximum atomic E-state index is 10.4. The molecule has 3 rings (SSSR count). The summed E-state index contributed by atoms with van der Waals surface area (Å²) in [7, 11) is 1.94. The number of phenols is 1. The van der Waals surface area contributed by atoms with E-state index < -0.39 is 37.6 Å². The van der Waals surface area contributed by atoms with Crippen LogP contribution in [0.15, 0.2) is 12.1 Å². The standard InChI is InChI=1S/C6H10N4.C6H3N3O7/c1-10-6-2-3-7-4-5(6)8-9-10;10-6-4(8(13)14)1-3(7(11)12)2-5(6)9(15)16/h7H,2-4H2,1H3;1-2,10H. The van der Waals surface area contributed by atoms with Crippen LogP contribution in [-0.4, -0.2) is 41.4 Å². The van der Waals surface area contributed by atoms with E-state index in [1.807, 2.05) is 11.7 Å². The molecule has 0 saturated heterocycles. The summed E-state index contributed by atoms with van der Waals surface area (Å²) >= 11 is 0. The topological polar surface area (TPSA) is 192 Å². The molecule has 1 aliphatic rings. The van der Waals surface area contributed by atoms with Crippen LogP contribution in [0, 0.1) is 30.3 Å². The number of phenolic OH excluding ortho intramolecular Hbond substituents is 1. The summed E-state index contributed by atoms with van der Waals surface area (Å²) in [6, 6.07) is 0.894. The van der Waals surface area contributed by atoms with Crippen molar-refractivity contribution in [3.8, 4) is 5.75 Å². The van der Waals surface area contributed by atoms with Gasteiger partial charge in [-0.15, -0.1) is 5.10 Å². The van der Waals surface area contributed by atoms with Crippen molar-refractivity contribution in [2.24, 2.45) is 7.05 Å². The smallest absolute Gasteiger partial charge is 0.324 e. The van der Waals surface area contributed by atoms with E-state index in [9.17, 15) is 30.3 Å². The summed E-state index contributed by atoms with van der Waals surface area (Å²) in [5.74, 6) is -1.21. The summed E-state index contributed by atoms with van der Waals surface area (Å²) in [5, 5.41) is 51.4. The van der Waals surface area contributed by atoms with Crippen LogP contribution in [0.5, 0.6) is 5.75 Å². The van der Waals surface area contributed by atoms with E-state index in [0.717, 1.165) is 25.2 Å². The summed E-state index contributed by atoms with van der Waals surface area (Å²) < 4.78 is 1.86. The largest absolute Gasteiger partial charge is 0.497 e. The average molecular weight is 367 g/mol. The highest BCUT2D eigenvalue weighted by Crippen LogP contribution is 2.38. The minimum atomic E-state index is -1.21. The molecule has 0 aliphatic carbocycles. The zero-order valence-corrected chi connectivity index (χ0v) is 13.4. The highest BCUT2D eigenvalue weighted by atomic mass is 16.6. The van der Waals surface area contributed by atoms with Crippen molar-refractivity contribution in [1.82, 2.24) is 20.3 Å². The second kappa shape index (κ2) is 7.47. The van der Waals surface area contributed by atoms with Crippen molar-refractivity contribution in [2.75, 3.05) is 6.54 Å². The van der Waals surface area contributed by atoms with Gasteiger partial charge >= 0.3 is 11.4 Å². The van der Waals surface area contributed by atoms with Crippen molar-refractivity contribution in [1.29, 1.82) is 0 Å². The molecule has 14 nitrogen and oxygen atoms in total. The zero-order valence-electron chi connectivity index (χ0n) is 13.4. The molecule has 14 heteroatoms. The maximum Gasteiger partial charge on any atom is 0.324 e. The number of fused-ring (bicyclic) bond motifs is 1. The van der Waals surface area contributed by atoms with Gasteiger partial charge in [0.15, 0.2) is 0 Å². The van der Waals surface area contributed by atoms with Crippen LogP contribution < -0.4 is 5.32 Å². The molecule has 0 bridgehead atoms. The lowest BCUT2D eigenvalue weighted by Crippen LogP contribution is -2.24. The Balaban J connectivity index is 0.000000206. The summed E-state index contributed by atoms with van der Waals surface area (Å²) in [5.41, 5.74) is -0.620. The van der Waals surface area contributed by atoms with E-state index in [-0.39, 0.29) is 0 Å². The molecule has 1 aliphatic heterocycles. The van der Waals surface area contributed by atoms with Crippen molar-refractivity contribution >= 4 is 17.1 Å². The zero-order chi connectivity index (χ0) is 19.4. The normalized spacial score (nSPS) is 12.5. The lowest BCUT2D eigenvalue weighted by Gasteiger charge is -2.10. The van der Waals surface area contributed by atoms with Crippen LogP contribution in [0.1, 0.15) is 11.4 Å². The number of aromatic hydroxyl groups is 1. The van der Waals surface area contributed by atoms with Crippen LogP contribution in [0.2, 0.25) is 0 Å². The Labute approximate surface area is 144 Å². The molecule has 0 spiro atoms. The van der Waals surface area contributed by atoms with Gasteiger partial charge in [0.1, 0.15) is 0 Å². The van der Waals surface area contributed by atoms with Gasteiger partial charge in [-0.05, 0) is 0 Å². The summed E-state index contributed by atoms with van der Waals surface area (Å²) in [6.07, 6.45) is 1.05. The number of benzene rings is 1. The second-order valence-electron chi connectivity index (χ2n) is 5.14. The number of nitrogens with zero attached hydrogens (tertiary/aromatic N) is 6. The number of nitro benzene ring substituents is 3. The van der Waals surface area contributed by atoms with E-state index in [0.29, 0.717) is 12.1 Å². The van der Waals surface area contributed by atoms with E-state index in [2.05, 4.69) is 15.6 Å². The second-order valence-corrected chi connectivity index (χ2v) is 5.14. The Hall–Kier alpha value is -3.68. The highest BCUT2D eigenvalue weighted by molar-refractivity contribution is 5.64. The van der Waals surface area contributed by atoms with E-state index in [4.69, 9.17) is 5.11 Å². The highest BCUT2D eigenvalue weighted by Gasteiger charge is 2.30. The third kappa shape index (κ3) is 3.86. The van der Waals surface area contributed by atoms with Crippen molar-refractivity contribution in [3.05, 3.63) is 53.9 Å². The molecule has 26 heavy (non-hydrogen) atoms. The van der Waals surface area contributed by atoms with Crippen molar-refractivity contribution in [2.45, 2.75) is 13.0 Å². The Kier molecular flexibility index (Phi) is 5.36. The first-order valence-electron chi connectivity index (χ1n) is 7.10. The number of hydrogen-bond acceptors (Lipinski definition) is 10. The Morgan fingerprint density at radius 1 is 1.12 bits per heavy atom. The number of rotatable bonds is 3. The van der Waals surface area contributed by atoms with Crippen LogP contribution in [0.4, 0.5) is 17.1 Å². The molecule has 0 saturated carbocycles. The molecule has 0 amide bonds. The first-order valence-corrected chi connectivity index (χ1v) is 7.10. The van der Waals surface area contributed by atoms with Crippen LogP contribution in [-0.2, 0) is 20.0 Å². The van der Waals surface area contributed by atoms with Crippen LogP contribution in [0.3, 0.4) is 0 Å². The minimum absolute atomic E-state index is 0.447. The number of non-ortho nitro benzene ring substituents is 1. The molecule has 138 valence electrons. The van der Waals surface area contributed by atoms with E-state index >= 15 is 0 Å². The summed E-state index contributed by atoms with van der Waals surface area (Å²) in [6.45, 7) is 1.93. The van der Waals surface area contributed by atoms with Gasteiger partial charge in [-0.25, -0.2) is 0 Å². The monoisotopic (exact) mass is 367 g/mol. The fraction of sp³-hybridized carbons (Fsp3) is 0.333. The van der Waals surface area contributed by atoms with Gasteiger partial charge in [-0.3, -0.25) is 35.0 Å². The molecular formula is C12H13N7O7. The fourth-order valence-corrected chi connectivity index (χ4v) is 2.25. The van der Waals surface area contributed by atoms with Crippen LogP contribution >= 0.6 is 0 Å². The Morgan fingerprint density at radius 2 is 1.69 bits per heavy atom. The molecule has 0 atom stereocenters. The van der Waals surface area contributed by atoms with Crippen LogP contribution in [0.25, 0.3) is 0 Å². The molecule has 1 aromatic heterocycles. The third-order valence-corrected chi connectivity index (χ3v) is 3.51. The molecule has 0 fully saturated rings. The van der Waals surface area contributed by atoms with Gasteiger partial charge in [0.25, 0.3) is 11.4 Å². The average Bonchev–Trinajstić information content (AvgIpc) is 2.96. The molecule has 2 N–H and O–H groups in total. The molecule has 0 unspecified atom stereocenters. The predicted octanol–water partition coefficient (Wildman–Crippen LogP) is 0.578. The molecule has 0 radical (unpaired) electrons. The number of nitro groups is 3. The van der Waals surface area contributed by atoms with Crippen molar-refractivity contribution < 1.29 is 19.9 Å². The molecule has 2 aromatic rings. The van der Waals surface area contributed by atoms with Gasteiger partial charge in [-0.2, -0.15) is 0 Å². The molecule has 1 aromatic carbocycles. The third-order valence-electron chi connectivity index (χ3n) is 3.51. The Bertz CT molecular complexity index is 844. The number of aryl methyl sites for hydroxylation is 1. The minimum Gasteiger partial charge on any atom is -0.497 e. The first kappa shape index (κ1) is 18.7. The van der Waals surface area contributed by atoms with Gasteiger partial charge in [0, 0.05) is 26.6 Å². The van der Waals surface area contributed by atoms with Gasteiger partial charge in [-0.1, -0.05) is 5.21 Å². The molecule has 2 heterocycles. The Morgan fingerprint density at radius 3 is 2.15 bits per heavy atom. The quantitative estimate of drug-likeness (QED) is 0.572. The first-order chi connectivity index (χ1) is 12.2. The van der Waals surface area contributed by atoms with Gasteiger partial charge in [0.2, 0.25) is 0 Å². The van der Waals surface area contributed by atoms with E-state index in [1.54, 1.807) is 0 Å². The predicted molar refractivity (Wildman–Crippen MR) is 84.5 cm³/mol. The SMILES string of the molecule is Cn1nnc2c1CCNC2.O=[N+]([O-])c1cc([N+](=O)[O-])c(O)c([N+](=O)[O-])c1. The van der Waals surface area contributed by atoms with Crippen molar-refractivity contribution in [3.63, 3.8) is 0 Å². The number of aromatic nitrogens is 3. The molecular weight excluding hydrogens is 354 g/mol. The lowest BCUT2D eigenvalue weighted by molar-refractivity contribution is -0.404. The van der Waals surface area contributed by atoms with Gasteiger partial charge < -0.3 is 10.4 Å².